The minimum atomic E-state index is -4.74. The third kappa shape index (κ3) is 5.50. The lowest BCUT2D eigenvalue weighted by Crippen LogP contribution is -2.06. The third-order valence-corrected chi connectivity index (χ3v) is 4.41. The van der Waals surface area contributed by atoms with Crippen LogP contribution in [0.4, 0.5) is 24.5 Å². The normalized spacial score (nSPS) is 11.5. The summed E-state index contributed by atoms with van der Waals surface area (Å²) in [5.74, 6) is -0.233. The lowest BCUT2D eigenvalue weighted by atomic mass is 10.0. The van der Waals surface area contributed by atoms with E-state index in [1.54, 1.807) is 0 Å². The second-order valence-corrected chi connectivity index (χ2v) is 6.58. The van der Waals surface area contributed by atoms with E-state index in [1.165, 1.54) is 54.6 Å². The molecule has 0 bridgehead atoms. The average Bonchev–Trinajstić information content (AvgIpc) is 2.78. The SMILES string of the molecule is N#C/C(=C\c1ccc(Oc2ccc(C(F)(F)F)cc2[N+](=O)[O-])cc1)c1ccc([N+](=O)[O-])cc1. The Morgan fingerprint density at radius 3 is 2.09 bits per heavy atom. The molecule has 0 amide bonds. The smallest absolute Gasteiger partial charge is 0.416 e. The van der Waals surface area contributed by atoms with Gasteiger partial charge in [0.25, 0.3) is 5.69 Å². The van der Waals surface area contributed by atoms with E-state index in [1.807, 2.05) is 6.07 Å². The molecule has 0 spiro atoms. The number of allylic oxidation sites excluding steroid dienone is 1. The Labute approximate surface area is 184 Å². The van der Waals surface area contributed by atoms with Crippen molar-refractivity contribution in [3.05, 3.63) is 104 Å². The number of hydrogen-bond acceptors (Lipinski definition) is 6. The van der Waals surface area contributed by atoms with Crippen molar-refractivity contribution in [2.75, 3.05) is 0 Å². The summed E-state index contributed by atoms with van der Waals surface area (Å²) in [6.07, 6.45) is -3.22. The van der Waals surface area contributed by atoms with Crippen molar-refractivity contribution in [2.45, 2.75) is 6.18 Å². The Balaban J connectivity index is 1.83. The maximum atomic E-state index is 12.8. The van der Waals surface area contributed by atoms with Gasteiger partial charge in [0.1, 0.15) is 5.75 Å². The number of benzene rings is 3. The van der Waals surface area contributed by atoms with Crippen LogP contribution in [0.2, 0.25) is 0 Å². The molecule has 8 nitrogen and oxygen atoms in total. The van der Waals surface area contributed by atoms with Crippen LogP contribution in [0, 0.1) is 31.6 Å². The van der Waals surface area contributed by atoms with Crippen molar-refractivity contribution >= 4 is 23.0 Å². The molecular formula is C22H12F3N3O5. The van der Waals surface area contributed by atoms with E-state index in [0.29, 0.717) is 23.3 Å². The predicted molar refractivity (Wildman–Crippen MR) is 111 cm³/mol. The van der Waals surface area contributed by atoms with Gasteiger partial charge in [-0.1, -0.05) is 12.1 Å². The summed E-state index contributed by atoms with van der Waals surface area (Å²) < 4.78 is 43.9. The van der Waals surface area contributed by atoms with Crippen LogP contribution in [0.25, 0.3) is 11.6 Å². The molecule has 0 saturated carbocycles. The Hall–Kier alpha value is -4.72. The first kappa shape index (κ1) is 23.0. The predicted octanol–water partition coefficient (Wildman–Crippen LogP) is 6.38. The Morgan fingerprint density at radius 2 is 1.58 bits per heavy atom. The molecule has 0 aliphatic carbocycles. The van der Waals surface area contributed by atoms with Gasteiger partial charge in [0.2, 0.25) is 5.75 Å². The molecular weight excluding hydrogens is 443 g/mol. The van der Waals surface area contributed by atoms with E-state index >= 15 is 0 Å². The van der Waals surface area contributed by atoms with Gasteiger partial charge in [0.15, 0.2) is 0 Å². The lowest BCUT2D eigenvalue weighted by Gasteiger charge is -2.10. The molecule has 0 radical (unpaired) electrons. The van der Waals surface area contributed by atoms with Crippen LogP contribution in [0.1, 0.15) is 16.7 Å². The summed E-state index contributed by atoms with van der Waals surface area (Å²) in [6.45, 7) is 0. The van der Waals surface area contributed by atoms with Crippen LogP contribution in [0.15, 0.2) is 66.7 Å². The van der Waals surface area contributed by atoms with Gasteiger partial charge in [-0.05, 0) is 53.6 Å². The van der Waals surface area contributed by atoms with Crippen LogP contribution in [0.5, 0.6) is 11.5 Å². The molecule has 3 aromatic carbocycles. The monoisotopic (exact) mass is 455 g/mol. The number of alkyl halides is 3. The number of halogens is 3. The molecule has 3 aromatic rings. The maximum absolute atomic E-state index is 12.8. The highest BCUT2D eigenvalue weighted by Gasteiger charge is 2.33. The molecule has 11 heteroatoms. The number of ether oxygens (including phenoxy) is 1. The second-order valence-electron chi connectivity index (χ2n) is 6.58. The summed E-state index contributed by atoms with van der Waals surface area (Å²) in [5.41, 5.74) is -0.870. The Kier molecular flexibility index (Phi) is 6.39. The van der Waals surface area contributed by atoms with Gasteiger partial charge in [-0.3, -0.25) is 20.2 Å². The number of hydrogen-bond donors (Lipinski definition) is 0. The summed E-state index contributed by atoms with van der Waals surface area (Å²) >= 11 is 0. The van der Waals surface area contributed by atoms with E-state index in [-0.39, 0.29) is 22.8 Å². The van der Waals surface area contributed by atoms with E-state index in [0.717, 1.165) is 6.07 Å². The van der Waals surface area contributed by atoms with Crippen molar-refractivity contribution < 1.29 is 27.8 Å². The fourth-order valence-electron chi connectivity index (χ4n) is 2.79. The summed E-state index contributed by atoms with van der Waals surface area (Å²) in [4.78, 5) is 20.4. The Bertz CT molecular complexity index is 1280. The highest BCUT2D eigenvalue weighted by molar-refractivity contribution is 5.89. The van der Waals surface area contributed by atoms with Gasteiger partial charge in [-0.25, -0.2) is 0 Å². The molecule has 0 aliphatic rings. The molecule has 0 heterocycles. The van der Waals surface area contributed by atoms with Crippen LogP contribution >= 0.6 is 0 Å². The number of nitriles is 1. The van der Waals surface area contributed by atoms with Crippen molar-refractivity contribution in [3.8, 4) is 17.6 Å². The van der Waals surface area contributed by atoms with Crippen LogP contribution in [0.3, 0.4) is 0 Å². The molecule has 0 unspecified atom stereocenters. The maximum Gasteiger partial charge on any atom is 0.416 e. The van der Waals surface area contributed by atoms with Gasteiger partial charge >= 0.3 is 11.9 Å². The number of nitrogens with zero attached hydrogens (tertiary/aromatic N) is 3. The largest absolute Gasteiger partial charge is 0.450 e. The first-order valence-corrected chi connectivity index (χ1v) is 9.08. The van der Waals surface area contributed by atoms with E-state index < -0.39 is 27.3 Å². The highest BCUT2D eigenvalue weighted by Crippen LogP contribution is 2.38. The first-order chi connectivity index (χ1) is 15.6. The van der Waals surface area contributed by atoms with Gasteiger partial charge < -0.3 is 4.74 Å². The zero-order valence-electron chi connectivity index (χ0n) is 16.4. The number of nitro groups is 2. The number of nitro benzene ring substituents is 2. The molecule has 166 valence electrons. The molecule has 0 aromatic heterocycles. The van der Waals surface area contributed by atoms with Crippen molar-refractivity contribution in [2.24, 2.45) is 0 Å². The summed E-state index contributed by atoms with van der Waals surface area (Å²) in [5, 5.41) is 31.3. The van der Waals surface area contributed by atoms with E-state index in [4.69, 9.17) is 4.74 Å². The van der Waals surface area contributed by atoms with Crippen molar-refractivity contribution in [3.63, 3.8) is 0 Å². The quantitative estimate of drug-likeness (QED) is 0.184. The zero-order chi connectivity index (χ0) is 24.2. The fourth-order valence-corrected chi connectivity index (χ4v) is 2.79. The third-order valence-electron chi connectivity index (χ3n) is 4.41. The van der Waals surface area contributed by atoms with E-state index in [9.17, 15) is 38.7 Å². The standard InChI is InChI=1S/C22H12F3N3O5/c23-22(24,25)17-5-10-21(20(12-17)28(31)32)33-19-8-1-14(2-9-19)11-16(13-26)15-3-6-18(7-4-15)27(29)30/h1-12H/b16-11+. The minimum absolute atomic E-state index is 0.116. The molecule has 0 atom stereocenters. The second kappa shape index (κ2) is 9.19. The summed E-state index contributed by atoms with van der Waals surface area (Å²) in [7, 11) is 0. The molecule has 0 fully saturated rings. The number of rotatable bonds is 6. The van der Waals surface area contributed by atoms with Crippen LogP contribution < -0.4 is 4.74 Å². The zero-order valence-corrected chi connectivity index (χ0v) is 16.4. The van der Waals surface area contributed by atoms with Gasteiger partial charge in [-0.15, -0.1) is 0 Å². The first-order valence-electron chi connectivity index (χ1n) is 9.08. The average molecular weight is 455 g/mol. The molecule has 0 aliphatic heterocycles. The number of non-ortho nitro benzene ring substituents is 1. The summed E-state index contributed by atoms with van der Waals surface area (Å²) in [6, 6.07) is 15.3. The Morgan fingerprint density at radius 1 is 0.939 bits per heavy atom. The minimum Gasteiger partial charge on any atom is -0.450 e. The van der Waals surface area contributed by atoms with Crippen LogP contribution in [-0.4, -0.2) is 9.85 Å². The van der Waals surface area contributed by atoms with Gasteiger partial charge in [0, 0.05) is 18.2 Å². The lowest BCUT2D eigenvalue weighted by molar-refractivity contribution is -0.385. The van der Waals surface area contributed by atoms with Gasteiger partial charge in [-0.2, -0.15) is 18.4 Å². The molecule has 33 heavy (non-hydrogen) atoms. The van der Waals surface area contributed by atoms with Crippen molar-refractivity contribution in [1.29, 1.82) is 5.26 Å². The van der Waals surface area contributed by atoms with Crippen LogP contribution in [-0.2, 0) is 6.18 Å². The molecule has 0 saturated heterocycles. The van der Waals surface area contributed by atoms with Crippen molar-refractivity contribution in [1.82, 2.24) is 0 Å². The highest BCUT2D eigenvalue weighted by atomic mass is 19.4. The van der Waals surface area contributed by atoms with Gasteiger partial charge in [0.05, 0.1) is 27.1 Å². The fraction of sp³-hybridized carbons (Fsp3) is 0.0455. The molecule has 3 rings (SSSR count). The van der Waals surface area contributed by atoms with E-state index in [2.05, 4.69) is 0 Å². The molecule has 0 N–H and O–H groups in total. The topological polar surface area (TPSA) is 119 Å².